The maximum absolute atomic E-state index is 13.0. The van der Waals surface area contributed by atoms with Gasteiger partial charge < -0.3 is 4.84 Å². The van der Waals surface area contributed by atoms with E-state index >= 15 is 0 Å². The lowest BCUT2D eigenvalue weighted by atomic mass is 10.4. The largest absolute Gasteiger partial charge is 0.357 e. The van der Waals surface area contributed by atoms with Gasteiger partial charge in [0.15, 0.2) is 0 Å². The quantitative estimate of drug-likeness (QED) is 0.473. The number of carbonyl (C=O) groups excluding carboxylic acids is 3. The van der Waals surface area contributed by atoms with Crippen LogP contribution in [-0.2, 0) is 19.2 Å². The van der Waals surface area contributed by atoms with Gasteiger partial charge in [-0.25, -0.2) is 4.79 Å². The van der Waals surface area contributed by atoms with Gasteiger partial charge >= 0.3 is 5.97 Å². The van der Waals surface area contributed by atoms with Crippen LogP contribution in [0.1, 0.15) is 12.8 Å². The molecule has 0 aliphatic carbocycles. The van der Waals surface area contributed by atoms with Gasteiger partial charge in [0.1, 0.15) is 0 Å². The first kappa shape index (κ1) is 19.9. The Kier molecular flexibility index (Phi) is 5.64. The van der Waals surface area contributed by atoms with Gasteiger partial charge in [0, 0.05) is 18.6 Å². The van der Waals surface area contributed by atoms with Crippen molar-refractivity contribution in [2.24, 2.45) is 0 Å². The van der Waals surface area contributed by atoms with Crippen LogP contribution in [-0.4, -0.2) is 28.6 Å². The minimum absolute atomic E-state index is 0.0580. The van der Waals surface area contributed by atoms with Gasteiger partial charge in [-0.2, -0.15) is 0 Å². The third-order valence-corrected chi connectivity index (χ3v) is 8.91. The Balaban J connectivity index is 1.93. The van der Waals surface area contributed by atoms with Gasteiger partial charge in [-0.1, -0.05) is 91.0 Å². The van der Waals surface area contributed by atoms with Crippen LogP contribution in [0.3, 0.4) is 0 Å². The van der Waals surface area contributed by atoms with E-state index in [1.807, 2.05) is 91.0 Å². The summed E-state index contributed by atoms with van der Waals surface area (Å²) in [6, 6.07) is 29.3. The summed E-state index contributed by atoms with van der Waals surface area (Å²) in [5.74, 6) is -0.163. The Hall–Kier alpha value is -3.43. The summed E-state index contributed by atoms with van der Waals surface area (Å²) in [6.07, 6.45) is 0.116. The van der Waals surface area contributed by atoms with Crippen molar-refractivity contribution in [2.75, 3.05) is 0 Å². The monoisotopic (exact) mass is 417 g/mol. The molecule has 1 aliphatic heterocycles. The number of carbonyl (C=O) groups is 3. The van der Waals surface area contributed by atoms with Gasteiger partial charge in [0.2, 0.25) is 0 Å². The molecule has 0 bridgehead atoms. The second kappa shape index (κ2) is 8.52. The first-order valence-corrected chi connectivity index (χ1v) is 11.5. The van der Waals surface area contributed by atoms with Crippen LogP contribution in [0.5, 0.6) is 0 Å². The molecule has 1 saturated heterocycles. The van der Waals surface area contributed by atoms with Crippen molar-refractivity contribution in [3.8, 4) is 0 Å². The van der Waals surface area contributed by atoms with E-state index < -0.39 is 24.7 Å². The molecule has 6 heteroatoms. The van der Waals surface area contributed by atoms with Crippen molar-refractivity contribution >= 4 is 46.4 Å². The standard InChI is InChI=1S/C24H20NO4P/c26-22-16-17-23(27)25(22)29-24(28)18-30(19-10-4-1-5-11-19,20-12-6-2-7-13-20)21-14-8-3-9-15-21/h1-15,18H,16-17H2. The molecule has 5 nitrogen and oxygen atoms in total. The number of hydrogen-bond acceptors (Lipinski definition) is 4. The summed E-state index contributed by atoms with van der Waals surface area (Å²) < 4.78 is 0. The molecule has 0 aromatic heterocycles. The van der Waals surface area contributed by atoms with Gasteiger partial charge in [0.25, 0.3) is 11.8 Å². The molecule has 0 atom stereocenters. The van der Waals surface area contributed by atoms with Crippen LogP contribution >= 0.6 is 6.89 Å². The summed E-state index contributed by atoms with van der Waals surface area (Å²) in [6.45, 7) is -2.55. The molecule has 150 valence electrons. The van der Waals surface area contributed by atoms with E-state index in [2.05, 4.69) is 0 Å². The Morgan fingerprint density at radius 1 is 0.700 bits per heavy atom. The number of amides is 2. The van der Waals surface area contributed by atoms with E-state index in [1.165, 1.54) is 0 Å². The second-order valence-electron chi connectivity index (χ2n) is 6.85. The third kappa shape index (κ3) is 3.72. The molecule has 0 spiro atoms. The Bertz CT molecular complexity index is 1010. The highest BCUT2D eigenvalue weighted by Gasteiger charge is 2.34. The average Bonchev–Trinajstić information content (AvgIpc) is 3.11. The van der Waals surface area contributed by atoms with E-state index in [4.69, 9.17) is 4.84 Å². The number of hydroxylamine groups is 2. The summed E-state index contributed by atoms with van der Waals surface area (Å²) in [7, 11) is 0. The first-order valence-electron chi connectivity index (χ1n) is 9.60. The molecule has 0 saturated carbocycles. The third-order valence-electron chi connectivity index (χ3n) is 4.98. The molecule has 0 radical (unpaired) electrons. The first-order chi connectivity index (χ1) is 14.6. The number of nitrogens with zero attached hydrogens (tertiary/aromatic N) is 1. The zero-order chi connectivity index (χ0) is 21.0. The number of imide groups is 1. The molecule has 1 aliphatic rings. The highest BCUT2D eigenvalue weighted by atomic mass is 31.2. The topological polar surface area (TPSA) is 63.7 Å². The van der Waals surface area contributed by atoms with Crippen molar-refractivity contribution in [2.45, 2.75) is 12.8 Å². The summed E-state index contributed by atoms with van der Waals surface area (Å²) in [5, 5.41) is 3.50. The van der Waals surface area contributed by atoms with E-state index in [1.54, 1.807) is 5.80 Å². The van der Waals surface area contributed by atoms with E-state index in [9.17, 15) is 14.4 Å². The predicted octanol–water partition coefficient (Wildman–Crippen LogP) is 2.39. The number of benzene rings is 3. The summed E-state index contributed by atoms with van der Waals surface area (Å²) in [5.41, 5.74) is 0. The van der Waals surface area contributed by atoms with Gasteiger partial charge in [-0.3, -0.25) is 9.59 Å². The molecule has 1 heterocycles. The van der Waals surface area contributed by atoms with E-state index in [0.717, 1.165) is 15.9 Å². The molecule has 30 heavy (non-hydrogen) atoms. The minimum atomic E-state index is -2.55. The lowest BCUT2D eigenvalue weighted by molar-refractivity contribution is -0.191. The molecule has 0 N–H and O–H groups in total. The van der Waals surface area contributed by atoms with Gasteiger partial charge in [-0.15, -0.1) is 5.06 Å². The Morgan fingerprint density at radius 3 is 1.43 bits per heavy atom. The van der Waals surface area contributed by atoms with Gasteiger partial charge in [-0.05, 0) is 22.8 Å². The molecule has 1 fully saturated rings. The Labute approximate surface area is 174 Å². The molecule has 3 aromatic carbocycles. The second-order valence-corrected chi connectivity index (χ2v) is 10.1. The van der Waals surface area contributed by atoms with Crippen LogP contribution in [0.2, 0.25) is 0 Å². The van der Waals surface area contributed by atoms with Crippen LogP contribution in [0.15, 0.2) is 91.0 Å². The molecule has 3 aromatic rings. The van der Waals surface area contributed by atoms with Gasteiger partial charge in [0.05, 0.1) is 0 Å². The highest BCUT2D eigenvalue weighted by molar-refractivity contribution is 7.95. The van der Waals surface area contributed by atoms with Crippen molar-refractivity contribution in [3.63, 3.8) is 0 Å². The SMILES string of the molecule is O=C(C=P(c1ccccc1)(c1ccccc1)c1ccccc1)ON1C(=O)CCC1=O. The maximum Gasteiger partial charge on any atom is 0.357 e. The zero-order valence-corrected chi connectivity index (χ0v) is 17.1. The average molecular weight is 417 g/mol. The Morgan fingerprint density at radius 2 is 1.07 bits per heavy atom. The van der Waals surface area contributed by atoms with Crippen molar-refractivity contribution in [1.82, 2.24) is 5.06 Å². The number of rotatable bonds is 5. The van der Waals surface area contributed by atoms with Crippen LogP contribution in [0, 0.1) is 0 Å². The highest BCUT2D eigenvalue weighted by Crippen LogP contribution is 2.43. The molecular weight excluding hydrogens is 397 g/mol. The predicted molar refractivity (Wildman–Crippen MR) is 118 cm³/mol. The smallest absolute Gasteiger partial charge is 0.326 e. The van der Waals surface area contributed by atoms with Crippen molar-refractivity contribution in [3.05, 3.63) is 91.0 Å². The van der Waals surface area contributed by atoms with E-state index in [0.29, 0.717) is 5.06 Å². The fraction of sp³-hybridized carbons (Fsp3) is 0.0833. The fourth-order valence-corrected chi connectivity index (χ4v) is 7.22. The molecular formula is C24H20NO4P. The van der Waals surface area contributed by atoms with Crippen LogP contribution < -0.4 is 15.9 Å². The van der Waals surface area contributed by atoms with E-state index in [-0.39, 0.29) is 12.8 Å². The molecule has 0 unspecified atom stereocenters. The normalized spacial score (nSPS) is 13.9. The lowest BCUT2D eigenvalue weighted by Crippen LogP contribution is -2.34. The minimum Gasteiger partial charge on any atom is -0.326 e. The lowest BCUT2D eigenvalue weighted by Gasteiger charge is -2.28. The summed E-state index contributed by atoms with van der Waals surface area (Å²) >= 11 is 0. The maximum atomic E-state index is 13.0. The van der Waals surface area contributed by atoms with Crippen LogP contribution in [0.4, 0.5) is 0 Å². The van der Waals surface area contributed by atoms with Crippen molar-refractivity contribution < 1.29 is 19.2 Å². The molecule has 4 rings (SSSR count). The van der Waals surface area contributed by atoms with Crippen LogP contribution in [0.25, 0.3) is 0 Å². The summed E-state index contributed by atoms with van der Waals surface area (Å²) in [4.78, 5) is 42.1. The zero-order valence-electron chi connectivity index (χ0n) is 16.2. The number of hydrogen-bond donors (Lipinski definition) is 0. The molecule has 2 amide bonds. The fourth-order valence-electron chi connectivity index (χ4n) is 3.59. The van der Waals surface area contributed by atoms with Crippen molar-refractivity contribution in [1.29, 1.82) is 0 Å².